The van der Waals surface area contributed by atoms with Crippen molar-refractivity contribution >= 4 is 0 Å². The molecular weight excluding hydrogens is 180 g/mol. The van der Waals surface area contributed by atoms with Crippen molar-refractivity contribution in [1.29, 1.82) is 0 Å². The standard InChI is InChI=1S/C8H16.C4H10.C3H8/c1-2-5-8-6-3-4-7-8;1-4(2)3;1-3-2/h8H,2-7H2,1H3;4H,1-3H3;3H2,1-2H3. The van der Waals surface area contributed by atoms with Crippen LogP contribution in [0.2, 0.25) is 0 Å². The topological polar surface area (TPSA) is 0 Å². The Bertz CT molecular complexity index is 85.5. The van der Waals surface area contributed by atoms with Gasteiger partial charge in [0.05, 0.1) is 0 Å². The first-order valence-electron chi connectivity index (χ1n) is 7.08. The van der Waals surface area contributed by atoms with Crippen molar-refractivity contribution in [1.82, 2.24) is 0 Å². The highest BCUT2D eigenvalue weighted by molar-refractivity contribution is 4.65. The fourth-order valence-electron chi connectivity index (χ4n) is 1.71. The Morgan fingerprint density at radius 3 is 1.53 bits per heavy atom. The molecule has 0 amide bonds. The summed E-state index contributed by atoms with van der Waals surface area (Å²) in [6, 6.07) is 0. The highest BCUT2D eigenvalue weighted by Gasteiger charge is 2.12. The summed E-state index contributed by atoms with van der Waals surface area (Å²) in [5.74, 6) is 1.94. The molecule has 1 saturated carbocycles. The van der Waals surface area contributed by atoms with E-state index in [1.807, 2.05) is 0 Å². The quantitative estimate of drug-likeness (QED) is 0.524. The lowest BCUT2D eigenvalue weighted by molar-refractivity contribution is 0.496. The second kappa shape index (κ2) is 14.0. The summed E-state index contributed by atoms with van der Waals surface area (Å²) >= 11 is 0. The van der Waals surface area contributed by atoms with Crippen LogP contribution in [-0.2, 0) is 0 Å². The van der Waals surface area contributed by atoms with Gasteiger partial charge in [0, 0.05) is 0 Å². The molecule has 0 unspecified atom stereocenters. The van der Waals surface area contributed by atoms with Gasteiger partial charge in [0.15, 0.2) is 0 Å². The van der Waals surface area contributed by atoms with Crippen molar-refractivity contribution in [2.24, 2.45) is 11.8 Å². The molecule has 0 aromatic heterocycles. The van der Waals surface area contributed by atoms with Gasteiger partial charge in [0.25, 0.3) is 0 Å². The first-order valence-corrected chi connectivity index (χ1v) is 7.08. The summed E-state index contributed by atoms with van der Waals surface area (Å²) in [6.45, 7) is 13.0. The predicted molar refractivity (Wildman–Crippen MR) is 73.3 cm³/mol. The van der Waals surface area contributed by atoms with E-state index in [0.717, 1.165) is 11.8 Å². The molecule has 0 N–H and O–H groups in total. The third kappa shape index (κ3) is 20.2. The van der Waals surface area contributed by atoms with Crippen molar-refractivity contribution in [3.63, 3.8) is 0 Å². The third-order valence-corrected chi connectivity index (χ3v) is 2.17. The molecule has 15 heavy (non-hydrogen) atoms. The summed E-state index contributed by atoms with van der Waals surface area (Å²) in [7, 11) is 0. The monoisotopic (exact) mass is 214 g/mol. The number of rotatable bonds is 2. The van der Waals surface area contributed by atoms with Gasteiger partial charge in [-0.15, -0.1) is 0 Å². The minimum Gasteiger partial charge on any atom is -0.0656 e. The largest absolute Gasteiger partial charge is 0.0656 e. The Labute approximate surface area is 98.9 Å². The lowest BCUT2D eigenvalue weighted by Gasteiger charge is -2.03. The number of hydrogen-bond acceptors (Lipinski definition) is 0. The minimum atomic E-state index is 0.833. The summed E-state index contributed by atoms with van der Waals surface area (Å²) in [5.41, 5.74) is 0. The van der Waals surface area contributed by atoms with E-state index in [1.54, 1.807) is 0 Å². The average Bonchev–Trinajstić information content (AvgIpc) is 2.57. The maximum Gasteiger partial charge on any atom is -0.0414 e. The van der Waals surface area contributed by atoms with Crippen LogP contribution in [0, 0.1) is 11.8 Å². The molecule has 0 spiro atoms. The molecule has 0 aromatic rings. The molecule has 1 aliphatic rings. The van der Waals surface area contributed by atoms with Crippen LogP contribution in [0.25, 0.3) is 0 Å². The minimum absolute atomic E-state index is 0.833. The molecule has 0 nitrogen and oxygen atoms in total. The summed E-state index contributed by atoms with van der Waals surface area (Å²) in [4.78, 5) is 0. The molecule has 0 atom stereocenters. The predicted octanol–water partition coefficient (Wildman–Crippen LogP) is 6.06. The highest BCUT2D eigenvalue weighted by Crippen LogP contribution is 2.27. The SMILES string of the molecule is CC(C)C.CCC.CCCC1CCCC1. The Balaban J connectivity index is 0. The van der Waals surface area contributed by atoms with Crippen molar-refractivity contribution < 1.29 is 0 Å². The van der Waals surface area contributed by atoms with Gasteiger partial charge in [-0.1, -0.05) is 86.5 Å². The van der Waals surface area contributed by atoms with Crippen LogP contribution < -0.4 is 0 Å². The van der Waals surface area contributed by atoms with E-state index in [-0.39, 0.29) is 0 Å². The van der Waals surface area contributed by atoms with Gasteiger partial charge in [0.2, 0.25) is 0 Å². The van der Waals surface area contributed by atoms with E-state index in [9.17, 15) is 0 Å². The van der Waals surface area contributed by atoms with Gasteiger partial charge in [-0.3, -0.25) is 0 Å². The molecule has 1 fully saturated rings. The summed E-state index contributed by atoms with van der Waals surface area (Å²) < 4.78 is 0. The number of hydrogen-bond donors (Lipinski definition) is 0. The molecular formula is C15H34. The Hall–Kier alpha value is 0. The van der Waals surface area contributed by atoms with Gasteiger partial charge in [0.1, 0.15) is 0 Å². The Kier molecular flexibility index (Phi) is 16.2. The average molecular weight is 214 g/mol. The van der Waals surface area contributed by atoms with Crippen molar-refractivity contribution in [3.05, 3.63) is 0 Å². The lowest BCUT2D eigenvalue weighted by atomic mass is 10.0. The zero-order valence-corrected chi connectivity index (χ0v) is 12.1. The van der Waals surface area contributed by atoms with E-state index < -0.39 is 0 Å². The zero-order valence-electron chi connectivity index (χ0n) is 12.1. The molecule has 0 heterocycles. The van der Waals surface area contributed by atoms with Crippen LogP contribution in [0.15, 0.2) is 0 Å². The first kappa shape index (κ1) is 17.4. The molecule has 0 saturated heterocycles. The van der Waals surface area contributed by atoms with Crippen LogP contribution in [0.1, 0.15) is 86.5 Å². The van der Waals surface area contributed by atoms with Crippen LogP contribution in [0.5, 0.6) is 0 Å². The lowest BCUT2D eigenvalue weighted by Crippen LogP contribution is -1.89. The smallest absolute Gasteiger partial charge is 0.0414 e. The summed E-state index contributed by atoms with van der Waals surface area (Å²) in [6.07, 6.45) is 10.2. The summed E-state index contributed by atoms with van der Waals surface area (Å²) in [5, 5.41) is 0. The van der Waals surface area contributed by atoms with Crippen molar-refractivity contribution in [2.45, 2.75) is 86.5 Å². The third-order valence-electron chi connectivity index (χ3n) is 2.17. The molecule has 0 heteroatoms. The van der Waals surface area contributed by atoms with Crippen LogP contribution in [0.4, 0.5) is 0 Å². The van der Waals surface area contributed by atoms with E-state index in [0.29, 0.717) is 0 Å². The van der Waals surface area contributed by atoms with Gasteiger partial charge in [-0.25, -0.2) is 0 Å². The molecule has 1 aliphatic carbocycles. The van der Waals surface area contributed by atoms with Crippen molar-refractivity contribution in [3.8, 4) is 0 Å². The van der Waals surface area contributed by atoms with E-state index >= 15 is 0 Å². The van der Waals surface area contributed by atoms with E-state index in [2.05, 4.69) is 41.5 Å². The molecule has 0 bridgehead atoms. The van der Waals surface area contributed by atoms with Gasteiger partial charge < -0.3 is 0 Å². The van der Waals surface area contributed by atoms with Crippen LogP contribution >= 0.6 is 0 Å². The zero-order chi connectivity index (χ0) is 12.1. The Morgan fingerprint density at radius 2 is 1.27 bits per heavy atom. The van der Waals surface area contributed by atoms with Gasteiger partial charge in [-0.05, 0) is 11.8 Å². The first-order chi connectivity index (χ1) is 7.08. The van der Waals surface area contributed by atoms with Gasteiger partial charge >= 0.3 is 0 Å². The molecule has 1 rings (SSSR count). The van der Waals surface area contributed by atoms with Crippen molar-refractivity contribution in [2.75, 3.05) is 0 Å². The fourth-order valence-corrected chi connectivity index (χ4v) is 1.71. The normalized spacial score (nSPS) is 15.4. The Morgan fingerprint density at radius 1 is 0.933 bits per heavy atom. The second-order valence-electron chi connectivity index (χ2n) is 5.38. The maximum absolute atomic E-state index is 2.29. The van der Waals surface area contributed by atoms with Crippen LogP contribution in [-0.4, -0.2) is 0 Å². The second-order valence-corrected chi connectivity index (χ2v) is 5.38. The van der Waals surface area contributed by atoms with Gasteiger partial charge in [-0.2, -0.15) is 0 Å². The van der Waals surface area contributed by atoms with E-state index in [1.165, 1.54) is 44.9 Å². The van der Waals surface area contributed by atoms with E-state index in [4.69, 9.17) is 0 Å². The molecule has 0 radical (unpaired) electrons. The van der Waals surface area contributed by atoms with Crippen LogP contribution in [0.3, 0.4) is 0 Å². The molecule has 0 aliphatic heterocycles. The molecule has 0 aromatic carbocycles. The highest BCUT2D eigenvalue weighted by atomic mass is 14.2. The fraction of sp³-hybridized carbons (Fsp3) is 1.00. The molecule has 94 valence electrons. The maximum atomic E-state index is 2.29.